The molecule has 0 aliphatic heterocycles. The zero-order valence-electron chi connectivity index (χ0n) is 10.3. The van der Waals surface area contributed by atoms with Gasteiger partial charge < -0.3 is 5.32 Å². The molecule has 19 heavy (non-hydrogen) atoms. The van der Waals surface area contributed by atoms with Gasteiger partial charge >= 0.3 is 0 Å². The summed E-state index contributed by atoms with van der Waals surface area (Å²) in [7, 11) is 0. The maximum atomic E-state index is 4.31. The first kappa shape index (κ1) is 12.1. The lowest BCUT2D eigenvalue weighted by molar-refractivity contribution is 0.916. The molecule has 0 saturated heterocycles. The quantitative estimate of drug-likeness (QED) is 0.807. The number of anilines is 1. The van der Waals surface area contributed by atoms with Gasteiger partial charge in [-0.25, -0.2) is 4.98 Å². The molecule has 3 rings (SSSR count). The fourth-order valence-corrected chi connectivity index (χ4v) is 2.34. The monoisotopic (exact) mass is 317 g/mol. The van der Waals surface area contributed by atoms with Crippen LogP contribution < -0.4 is 5.32 Å². The maximum absolute atomic E-state index is 4.31. The zero-order chi connectivity index (χ0) is 13.2. The lowest BCUT2D eigenvalue weighted by Gasteiger charge is -2.09. The molecule has 2 heterocycles. The first-order valence-electron chi connectivity index (χ1n) is 5.88. The van der Waals surface area contributed by atoms with E-state index in [1.165, 1.54) is 11.9 Å². The number of rotatable bonds is 3. The third-order valence-corrected chi connectivity index (χ3v) is 3.24. The Balaban J connectivity index is 1.87. The number of aryl methyl sites for hydroxylation is 1. The largest absolute Gasteiger partial charge is 0.366 e. The summed E-state index contributed by atoms with van der Waals surface area (Å²) in [5.41, 5.74) is 2.11. The van der Waals surface area contributed by atoms with Gasteiger partial charge in [0.25, 0.3) is 5.78 Å². The van der Waals surface area contributed by atoms with Gasteiger partial charge in [-0.1, -0.05) is 28.1 Å². The highest BCUT2D eigenvalue weighted by molar-refractivity contribution is 9.10. The van der Waals surface area contributed by atoms with Gasteiger partial charge in [0.2, 0.25) is 0 Å². The van der Waals surface area contributed by atoms with Crippen molar-refractivity contribution in [2.24, 2.45) is 0 Å². The van der Waals surface area contributed by atoms with Gasteiger partial charge in [-0.3, -0.25) is 0 Å². The van der Waals surface area contributed by atoms with E-state index in [-0.39, 0.29) is 0 Å². The van der Waals surface area contributed by atoms with Crippen LogP contribution in [0.15, 0.2) is 41.1 Å². The summed E-state index contributed by atoms with van der Waals surface area (Å²) in [6.07, 6.45) is 1.51. The number of halogens is 1. The number of benzene rings is 1. The summed E-state index contributed by atoms with van der Waals surface area (Å²) < 4.78 is 2.77. The SMILES string of the molecule is Cc1cc(NCc2cccc(Br)c2)n2ncnc2n1. The highest BCUT2D eigenvalue weighted by Crippen LogP contribution is 2.14. The minimum atomic E-state index is 0.608. The molecule has 1 aromatic carbocycles. The van der Waals surface area contributed by atoms with Crippen molar-refractivity contribution in [2.75, 3.05) is 5.32 Å². The molecular formula is C13H12BrN5. The molecule has 0 atom stereocenters. The fourth-order valence-electron chi connectivity index (χ4n) is 1.90. The number of fused-ring (bicyclic) bond motifs is 1. The van der Waals surface area contributed by atoms with Gasteiger partial charge in [-0.15, -0.1) is 0 Å². The van der Waals surface area contributed by atoms with E-state index in [1.807, 2.05) is 25.1 Å². The van der Waals surface area contributed by atoms with Crippen LogP contribution in [0.5, 0.6) is 0 Å². The predicted octanol–water partition coefficient (Wildman–Crippen LogP) is 2.81. The van der Waals surface area contributed by atoms with Gasteiger partial charge in [0.1, 0.15) is 12.1 Å². The summed E-state index contributed by atoms with van der Waals surface area (Å²) in [6, 6.07) is 10.1. The summed E-state index contributed by atoms with van der Waals surface area (Å²) >= 11 is 3.47. The molecule has 2 aromatic heterocycles. The first-order valence-corrected chi connectivity index (χ1v) is 6.67. The van der Waals surface area contributed by atoms with E-state index in [4.69, 9.17) is 0 Å². The standard InChI is InChI=1S/C13H12BrN5/c1-9-5-12(19-13(18-9)16-8-17-19)15-7-10-3-2-4-11(14)6-10/h2-6,8,15H,7H2,1H3. The van der Waals surface area contributed by atoms with Gasteiger partial charge in [0.05, 0.1) is 0 Å². The predicted molar refractivity (Wildman–Crippen MR) is 77.0 cm³/mol. The minimum Gasteiger partial charge on any atom is -0.366 e. The van der Waals surface area contributed by atoms with Crippen molar-refractivity contribution >= 4 is 27.5 Å². The molecule has 0 spiro atoms. The number of hydrogen-bond donors (Lipinski definition) is 1. The Morgan fingerprint density at radius 2 is 2.21 bits per heavy atom. The lowest BCUT2D eigenvalue weighted by Crippen LogP contribution is -2.06. The highest BCUT2D eigenvalue weighted by atomic mass is 79.9. The van der Waals surface area contributed by atoms with E-state index in [2.05, 4.69) is 48.4 Å². The Kier molecular flexibility index (Phi) is 3.16. The van der Waals surface area contributed by atoms with Crippen LogP contribution in [0.2, 0.25) is 0 Å². The van der Waals surface area contributed by atoms with E-state index >= 15 is 0 Å². The molecule has 0 unspecified atom stereocenters. The van der Waals surface area contributed by atoms with Crippen LogP contribution in [0.1, 0.15) is 11.3 Å². The Hall–Kier alpha value is -1.95. The van der Waals surface area contributed by atoms with Crippen molar-refractivity contribution in [1.82, 2.24) is 19.6 Å². The van der Waals surface area contributed by atoms with E-state index < -0.39 is 0 Å². The van der Waals surface area contributed by atoms with Crippen LogP contribution in [0.3, 0.4) is 0 Å². The van der Waals surface area contributed by atoms with Crippen LogP contribution in [-0.2, 0) is 6.54 Å². The smallest absolute Gasteiger partial charge is 0.254 e. The Morgan fingerprint density at radius 1 is 1.32 bits per heavy atom. The summed E-state index contributed by atoms with van der Waals surface area (Å²) in [5, 5.41) is 7.52. The molecule has 0 radical (unpaired) electrons. The molecule has 0 fully saturated rings. The third-order valence-electron chi connectivity index (χ3n) is 2.74. The molecule has 5 nitrogen and oxygen atoms in total. The fraction of sp³-hybridized carbons (Fsp3) is 0.154. The summed E-state index contributed by atoms with van der Waals surface area (Å²) in [6.45, 7) is 2.66. The van der Waals surface area contributed by atoms with E-state index in [9.17, 15) is 0 Å². The van der Waals surface area contributed by atoms with Crippen LogP contribution in [0.25, 0.3) is 5.78 Å². The zero-order valence-corrected chi connectivity index (χ0v) is 11.9. The molecule has 0 amide bonds. The van der Waals surface area contributed by atoms with Crippen LogP contribution >= 0.6 is 15.9 Å². The van der Waals surface area contributed by atoms with Gasteiger partial charge in [-0.2, -0.15) is 14.6 Å². The molecule has 1 N–H and O–H groups in total. The lowest BCUT2D eigenvalue weighted by atomic mass is 10.2. The maximum Gasteiger partial charge on any atom is 0.254 e. The Bertz CT molecular complexity index is 722. The third kappa shape index (κ3) is 2.58. The number of hydrogen-bond acceptors (Lipinski definition) is 4. The Morgan fingerprint density at radius 3 is 3.05 bits per heavy atom. The minimum absolute atomic E-state index is 0.608. The number of nitrogens with one attached hydrogen (secondary N) is 1. The second-order valence-electron chi connectivity index (χ2n) is 4.24. The number of aromatic nitrogens is 4. The van der Waals surface area contributed by atoms with Crippen LogP contribution in [0, 0.1) is 6.92 Å². The molecular weight excluding hydrogens is 306 g/mol. The van der Waals surface area contributed by atoms with E-state index in [0.29, 0.717) is 5.78 Å². The van der Waals surface area contributed by atoms with Crippen LogP contribution in [-0.4, -0.2) is 19.6 Å². The molecule has 0 bridgehead atoms. The van der Waals surface area contributed by atoms with Gasteiger partial charge in [0.15, 0.2) is 0 Å². The van der Waals surface area contributed by atoms with Gasteiger partial charge in [0, 0.05) is 22.8 Å². The van der Waals surface area contributed by atoms with Crippen molar-refractivity contribution in [3.8, 4) is 0 Å². The van der Waals surface area contributed by atoms with Crippen molar-refractivity contribution in [3.63, 3.8) is 0 Å². The topological polar surface area (TPSA) is 55.1 Å². The molecule has 0 saturated carbocycles. The molecule has 0 aliphatic rings. The summed E-state index contributed by atoms with van der Waals surface area (Å²) in [4.78, 5) is 8.41. The normalized spacial score (nSPS) is 10.8. The van der Waals surface area contributed by atoms with E-state index in [1.54, 1.807) is 4.52 Å². The molecule has 96 valence electrons. The van der Waals surface area contributed by atoms with E-state index in [0.717, 1.165) is 22.5 Å². The second-order valence-corrected chi connectivity index (χ2v) is 5.15. The van der Waals surface area contributed by atoms with Crippen LogP contribution in [0.4, 0.5) is 5.82 Å². The highest BCUT2D eigenvalue weighted by Gasteiger charge is 2.05. The van der Waals surface area contributed by atoms with Crippen molar-refractivity contribution < 1.29 is 0 Å². The first-order chi connectivity index (χ1) is 9.22. The van der Waals surface area contributed by atoms with Crippen molar-refractivity contribution in [3.05, 3.63) is 52.4 Å². The molecule has 6 heteroatoms. The summed E-state index contributed by atoms with van der Waals surface area (Å²) in [5.74, 6) is 1.50. The van der Waals surface area contributed by atoms with Crippen molar-refractivity contribution in [1.29, 1.82) is 0 Å². The number of nitrogens with zero attached hydrogens (tertiary/aromatic N) is 4. The average molecular weight is 318 g/mol. The molecule has 3 aromatic rings. The van der Waals surface area contributed by atoms with Gasteiger partial charge in [-0.05, 0) is 24.6 Å². The van der Waals surface area contributed by atoms with Crippen molar-refractivity contribution in [2.45, 2.75) is 13.5 Å². The molecule has 0 aliphatic carbocycles. The average Bonchev–Trinajstić information content (AvgIpc) is 2.84. The Labute approximate surface area is 118 Å². The second kappa shape index (κ2) is 4.97.